The number of carbonyl (C=O) groups is 1. The van der Waals surface area contributed by atoms with Crippen LogP contribution in [0.25, 0.3) is 5.95 Å². The highest BCUT2D eigenvalue weighted by molar-refractivity contribution is 7.09. The monoisotopic (exact) mass is 327 g/mol. The van der Waals surface area contributed by atoms with Crippen molar-refractivity contribution in [3.05, 3.63) is 54.1 Å². The van der Waals surface area contributed by atoms with E-state index in [2.05, 4.69) is 14.3 Å². The molecule has 3 aromatic rings. The van der Waals surface area contributed by atoms with Crippen LogP contribution in [0.15, 0.2) is 43.0 Å². The van der Waals surface area contributed by atoms with E-state index in [1.807, 2.05) is 29.2 Å². The van der Waals surface area contributed by atoms with Crippen LogP contribution < -0.4 is 4.90 Å². The molecule has 0 fully saturated rings. The average Bonchev–Trinajstić information content (AvgIpc) is 3.24. The van der Waals surface area contributed by atoms with Crippen molar-refractivity contribution in [2.24, 2.45) is 0 Å². The molecule has 7 nitrogen and oxygen atoms in total. The Kier molecular flexibility index (Phi) is 3.30. The molecule has 1 aliphatic heterocycles. The quantitative estimate of drug-likeness (QED) is 0.789. The number of carboxylic acids is 1. The molecule has 1 aliphatic rings. The number of rotatable bonds is 3. The minimum atomic E-state index is -0.848. The fourth-order valence-electron chi connectivity index (χ4n) is 2.75. The van der Waals surface area contributed by atoms with Crippen molar-refractivity contribution in [3.63, 3.8) is 0 Å². The summed E-state index contributed by atoms with van der Waals surface area (Å²) < 4.78 is 6.00. The first-order valence-corrected chi connectivity index (χ1v) is 7.88. The number of hydrogen-bond donors (Lipinski definition) is 1. The lowest BCUT2D eigenvalue weighted by molar-refractivity contribution is -0.138. The smallest absolute Gasteiger partial charge is 0.326 e. The summed E-state index contributed by atoms with van der Waals surface area (Å²) >= 11 is 1.20. The molecule has 8 heteroatoms. The van der Waals surface area contributed by atoms with Crippen LogP contribution in [0.5, 0.6) is 0 Å². The average molecular weight is 327 g/mol. The Labute approximate surface area is 136 Å². The van der Waals surface area contributed by atoms with Crippen LogP contribution in [0.1, 0.15) is 11.1 Å². The van der Waals surface area contributed by atoms with Gasteiger partial charge in [0.2, 0.25) is 11.1 Å². The van der Waals surface area contributed by atoms with Crippen molar-refractivity contribution in [2.45, 2.75) is 19.0 Å². The van der Waals surface area contributed by atoms with Gasteiger partial charge in [-0.1, -0.05) is 24.3 Å². The maximum atomic E-state index is 11.7. The molecule has 0 bridgehead atoms. The Balaban J connectivity index is 1.70. The lowest BCUT2D eigenvalue weighted by atomic mass is 9.94. The third-order valence-corrected chi connectivity index (χ3v) is 4.66. The lowest BCUT2D eigenvalue weighted by Gasteiger charge is -2.33. The first-order valence-electron chi connectivity index (χ1n) is 7.10. The van der Waals surface area contributed by atoms with E-state index in [4.69, 9.17) is 0 Å². The number of benzene rings is 1. The molecule has 0 spiro atoms. The summed E-state index contributed by atoms with van der Waals surface area (Å²) in [6, 6.07) is 7.29. The molecule has 0 unspecified atom stereocenters. The van der Waals surface area contributed by atoms with Gasteiger partial charge in [-0.3, -0.25) is 4.57 Å². The molecular formula is C15H13N5O2S. The van der Waals surface area contributed by atoms with Crippen LogP contribution in [-0.4, -0.2) is 36.0 Å². The summed E-state index contributed by atoms with van der Waals surface area (Å²) in [5.41, 5.74) is 2.21. The maximum absolute atomic E-state index is 11.7. The zero-order chi connectivity index (χ0) is 15.8. The normalized spacial score (nSPS) is 17.0. The molecule has 3 heterocycles. The van der Waals surface area contributed by atoms with Gasteiger partial charge in [-0.15, -0.1) is 0 Å². The number of imidazole rings is 1. The number of aliphatic carboxylic acids is 1. The van der Waals surface area contributed by atoms with Crippen molar-refractivity contribution in [1.82, 2.24) is 18.9 Å². The number of fused-ring (bicyclic) bond motifs is 1. The maximum Gasteiger partial charge on any atom is 0.326 e. The summed E-state index contributed by atoms with van der Waals surface area (Å²) in [6.07, 6.45) is 5.49. The molecule has 0 radical (unpaired) electrons. The van der Waals surface area contributed by atoms with Crippen LogP contribution in [-0.2, 0) is 17.8 Å². The summed E-state index contributed by atoms with van der Waals surface area (Å²) in [4.78, 5) is 21.9. The van der Waals surface area contributed by atoms with Crippen molar-refractivity contribution < 1.29 is 9.90 Å². The predicted octanol–water partition coefficient (Wildman–Crippen LogP) is 1.74. The van der Waals surface area contributed by atoms with Crippen molar-refractivity contribution in [1.29, 1.82) is 0 Å². The fraction of sp³-hybridized carbons (Fsp3) is 0.200. The van der Waals surface area contributed by atoms with Crippen LogP contribution >= 0.6 is 11.5 Å². The third-order valence-electron chi connectivity index (χ3n) is 3.92. The summed E-state index contributed by atoms with van der Waals surface area (Å²) in [5.74, 6) is -0.343. The first-order chi connectivity index (χ1) is 11.2. The first kappa shape index (κ1) is 13.9. The molecule has 116 valence electrons. The van der Waals surface area contributed by atoms with E-state index in [9.17, 15) is 9.90 Å². The fourth-order valence-corrected chi connectivity index (χ4v) is 3.47. The second-order valence-corrected chi connectivity index (χ2v) is 6.03. The van der Waals surface area contributed by atoms with Gasteiger partial charge in [0, 0.05) is 36.9 Å². The van der Waals surface area contributed by atoms with Gasteiger partial charge in [-0.25, -0.2) is 9.78 Å². The molecule has 0 saturated carbocycles. The van der Waals surface area contributed by atoms with E-state index in [1.165, 1.54) is 11.5 Å². The van der Waals surface area contributed by atoms with Gasteiger partial charge in [-0.05, 0) is 11.1 Å². The molecule has 0 aliphatic carbocycles. The second-order valence-electron chi connectivity index (χ2n) is 5.30. The number of aromatic nitrogens is 4. The van der Waals surface area contributed by atoms with Gasteiger partial charge in [0.1, 0.15) is 12.4 Å². The highest BCUT2D eigenvalue weighted by atomic mass is 32.1. The summed E-state index contributed by atoms with van der Waals surface area (Å²) in [5, 5.41) is 10.2. The van der Waals surface area contributed by atoms with Gasteiger partial charge in [0.05, 0.1) is 0 Å². The van der Waals surface area contributed by atoms with E-state index in [1.54, 1.807) is 23.3 Å². The predicted molar refractivity (Wildman–Crippen MR) is 84.8 cm³/mol. The van der Waals surface area contributed by atoms with Gasteiger partial charge in [0.15, 0.2) is 0 Å². The Morgan fingerprint density at radius 3 is 2.87 bits per heavy atom. The highest BCUT2D eigenvalue weighted by Crippen LogP contribution is 2.30. The molecule has 1 N–H and O–H groups in total. The standard InChI is InChI=1S/C15H13N5O2S/c21-13(22)12-7-10-3-1-2-4-11(10)8-20(12)15-17-14(18-23-15)19-6-5-16-9-19/h1-6,9,12H,7-8H2,(H,21,22)/t12-/m1/s1. The number of anilines is 1. The van der Waals surface area contributed by atoms with Crippen molar-refractivity contribution in [2.75, 3.05) is 4.90 Å². The van der Waals surface area contributed by atoms with Crippen LogP contribution in [0.4, 0.5) is 5.13 Å². The van der Waals surface area contributed by atoms with E-state index < -0.39 is 12.0 Å². The molecule has 1 atom stereocenters. The zero-order valence-electron chi connectivity index (χ0n) is 12.0. The molecule has 2 aromatic heterocycles. The largest absolute Gasteiger partial charge is 0.480 e. The summed E-state index contributed by atoms with van der Waals surface area (Å²) in [7, 11) is 0. The molecule has 0 amide bonds. The van der Waals surface area contributed by atoms with E-state index in [-0.39, 0.29) is 0 Å². The topological polar surface area (TPSA) is 84.1 Å². The third kappa shape index (κ3) is 2.46. The zero-order valence-corrected chi connectivity index (χ0v) is 12.8. The van der Waals surface area contributed by atoms with E-state index in [0.717, 1.165) is 11.1 Å². The minimum Gasteiger partial charge on any atom is -0.480 e. The number of nitrogens with zero attached hydrogens (tertiary/aromatic N) is 5. The molecule has 4 rings (SSSR count). The van der Waals surface area contributed by atoms with Gasteiger partial charge < -0.3 is 10.0 Å². The summed E-state index contributed by atoms with van der Waals surface area (Å²) in [6.45, 7) is 0.520. The van der Waals surface area contributed by atoms with E-state index >= 15 is 0 Å². The molecular weight excluding hydrogens is 314 g/mol. The molecule has 23 heavy (non-hydrogen) atoms. The molecule has 1 aromatic carbocycles. The minimum absolute atomic E-state index is 0.464. The highest BCUT2D eigenvalue weighted by Gasteiger charge is 2.33. The van der Waals surface area contributed by atoms with Gasteiger partial charge in [-0.2, -0.15) is 9.36 Å². The Bertz CT molecular complexity index is 845. The SMILES string of the molecule is O=C(O)[C@H]1Cc2ccccc2CN1c1nc(-n2ccnc2)ns1. The van der Waals surface area contributed by atoms with Crippen LogP contribution in [0.2, 0.25) is 0 Å². The Hall–Kier alpha value is -2.74. The molecule has 0 saturated heterocycles. The second kappa shape index (κ2) is 5.47. The number of hydrogen-bond acceptors (Lipinski definition) is 6. The van der Waals surface area contributed by atoms with Gasteiger partial charge >= 0.3 is 5.97 Å². The van der Waals surface area contributed by atoms with Crippen molar-refractivity contribution in [3.8, 4) is 5.95 Å². The number of carboxylic acid groups (broad SMARTS) is 1. The van der Waals surface area contributed by atoms with Crippen LogP contribution in [0.3, 0.4) is 0 Å². The van der Waals surface area contributed by atoms with Crippen LogP contribution in [0, 0.1) is 0 Å². The van der Waals surface area contributed by atoms with E-state index in [0.29, 0.717) is 24.0 Å². The Morgan fingerprint density at radius 2 is 2.13 bits per heavy atom. The Morgan fingerprint density at radius 1 is 1.30 bits per heavy atom. The van der Waals surface area contributed by atoms with Crippen molar-refractivity contribution >= 4 is 22.6 Å². The lowest BCUT2D eigenvalue weighted by Crippen LogP contribution is -2.45. The van der Waals surface area contributed by atoms with Gasteiger partial charge in [0.25, 0.3) is 0 Å².